The molecule has 0 radical (unpaired) electrons. The number of carboxylic acids is 1. The number of nitrogens with zero attached hydrogens (tertiary/aromatic N) is 3. The van der Waals surface area contributed by atoms with E-state index in [-0.39, 0.29) is 25.3 Å². The molecular weight excluding hydrogens is 544 g/mol. The molecule has 1 aliphatic rings. The number of anilines is 2. The number of benzene rings is 3. The van der Waals surface area contributed by atoms with E-state index >= 15 is 0 Å². The standard InChI is InChI=1S/C31H35ClN4O5/c1-34(21-23-9-6-7-14-28(23)41-2)18-16-33-29(37)27-19-22(30(38)39)15-17-35(27)31(40)36(25-11-4-3-5-12-25)26-13-8-10-24(32)20-26/h3-14,20,22,27H,15-19,21H2,1-2H3,(H,33,37)(H,38,39)/t22-,27+/m0/s1. The minimum atomic E-state index is -0.971. The first-order valence-corrected chi connectivity index (χ1v) is 13.9. The molecule has 0 spiro atoms. The molecular formula is C31H35ClN4O5. The van der Waals surface area contributed by atoms with Crippen molar-refractivity contribution in [1.82, 2.24) is 15.1 Å². The number of carbonyl (C=O) groups is 3. The number of hydrogen-bond acceptors (Lipinski definition) is 5. The first-order valence-electron chi connectivity index (χ1n) is 13.5. The lowest BCUT2D eigenvalue weighted by Gasteiger charge is -2.40. The molecule has 4 rings (SSSR count). The number of aliphatic carboxylic acids is 1. The molecule has 0 saturated carbocycles. The summed E-state index contributed by atoms with van der Waals surface area (Å²) in [5.41, 5.74) is 2.18. The Kier molecular flexibility index (Phi) is 10.2. The lowest BCUT2D eigenvalue weighted by atomic mass is 9.90. The van der Waals surface area contributed by atoms with Gasteiger partial charge in [0, 0.05) is 36.8 Å². The fourth-order valence-corrected chi connectivity index (χ4v) is 5.23. The normalized spacial score (nSPS) is 16.7. The summed E-state index contributed by atoms with van der Waals surface area (Å²) in [6, 6.07) is 22.4. The third-order valence-electron chi connectivity index (χ3n) is 7.20. The van der Waals surface area contributed by atoms with Gasteiger partial charge in [-0.3, -0.25) is 14.5 Å². The molecule has 10 heteroatoms. The van der Waals surface area contributed by atoms with E-state index in [2.05, 4.69) is 10.2 Å². The second kappa shape index (κ2) is 14.0. The molecule has 0 aliphatic carbocycles. The van der Waals surface area contributed by atoms with E-state index in [0.717, 1.165) is 11.3 Å². The molecule has 41 heavy (non-hydrogen) atoms. The van der Waals surface area contributed by atoms with Crippen LogP contribution < -0.4 is 15.0 Å². The van der Waals surface area contributed by atoms with E-state index in [9.17, 15) is 19.5 Å². The average molecular weight is 579 g/mol. The largest absolute Gasteiger partial charge is 0.496 e. The van der Waals surface area contributed by atoms with E-state index in [1.165, 1.54) is 9.80 Å². The third-order valence-corrected chi connectivity index (χ3v) is 7.43. The van der Waals surface area contributed by atoms with Crippen molar-refractivity contribution in [3.05, 3.63) is 89.4 Å². The number of rotatable bonds is 10. The predicted molar refractivity (Wildman–Crippen MR) is 159 cm³/mol. The number of likely N-dealkylation sites (N-methyl/N-ethyl adjacent to an activating group) is 1. The van der Waals surface area contributed by atoms with Gasteiger partial charge in [-0.25, -0.2) is 4.79 Å². The molecule has 1 saturated heterocycles. The quantitative estimate of drug-likeness (QED) is 0.350. The Hall–Kier alpha value is -4.08. The van der Waals surface area contributed by atoms with Crippen LogP contribution in [0.1, 0.15) is 18.4 Å². The van der Waals surface area contributed by atoms with Gasteiger partial charge in [0.05, 0.1) is 24.4 Å². The molecule has 3 aromatic carbocycles. The Morgan fingerprint density at radius 3 is 2.44 bits per heavy atom. The highest BCUT2D eigenvalue weighted by molar-refractivity contribution is 6.31. The highest BCUT2D eigenvalue weighted by atomic mass is 35.5. The molecule has 1 fully saturated rings. The molecule has 2 atom stereocenters. The lowest BCUT2D eigenvalue weighted by molar-refractivity contribution is -0.144. The van der Waals surface area contributed by atoms with E-state index in [1.54, 1.807) is 43.5 Å². The second-order valence-electron chi connectivity index (χ2n) is 10.0. The summed E-state index contributed by atoms with van der Waals surface area (Å²) in [5.74, 6) is -1.28. The maximum atomic E-state index is 14.1. The van der Waals surface area contributed by atoms with Gasteiger partial charge < -0.3 is 25.0 Å². The molecule has 1 heterocycles. The van der Waals surface area contributed by atoms with E-state index in [0.29, 0.717) is 36.0 Å². The Labute approximate surface area is 245 Å². The molecule has 1 aliphatic heterocycles. The van der Waals surface area contributed by atoms with Crippen LogP contribution in [0.5, 0.6) is 5.75 Å². The Morgan fingerprint density at radius 1 is 1.02 bits per heavy atom. The number of nitrogens with one attached hydrogen (secondary N) is 1. The van der Waals surface area contributed by atoms with Crippen molar-refractivity contribution in [3.8, 4) is 5.75 Å². The van der Waals surface area contributed by atoms with Crippen LogP contribution in [-0.4, -0.2) is 72.6 Å². The van der Waals surface area contributed by atoms with Crippen LogP contribution in [-0.2, 0) is 16.1 Å². The Balaban J connectivity index is 1.50. The highest BCUT2D eigenvalue weighted by Crippen LogP contribution is 2.32. The zero-order chi connectivity index (χ0) is 29.4. The minimum Gasteiger partial charge on any atom is -0.496 e. The molecule has 216 valence electrons. The lowest BCUT2D eigenvalue weighted by Crippen LogP contribution is -2.57. The summed E-state index contributed by atoms with van der Waals surface area (Å²) in [5, 5.41) is 13.1. The number of halogens is 1. The number of piperidine rings is 1. The minimum absolute atomic E-state index is 0.0299. The van der Waals surface area contributed by atoms with Crippen molar-refractivity contribution in [2.45, 2.75) is 25.4 Å². The summed E-state index contributed by atoms with van der Waals surface area (Å²) in [6.07, 6.45) is 0.285. The zero-order valence-corrected chi connectivity index (χ0v) is 24.0. The molecule has 3 amide bonds. The van der Waals surface area contributed by atoms with Crippen LogP contribution in [0.15, 0.2) is 78.9 Å². The molecule has 0 unspecified atom stereocenters. The average Bonchev–Trinajstić information content (AvgIpc) is 2.97. The number of carbonyl (C=O) groups excluding carboxylic acids is 2. The van der Waals surface area contributed by atoms with Gasteiger partial charge >= 0.3 is 12.0 Å². The van der Waals surface area contributed by atoms with Gasteiger partial charge in [-0.2, -0.15) is 0 Å². The first-order chi connectivity index (χ1) is 19.8. The predicted octanol–water partition coefficient (Wildman–Crippen LogP) is 5.02. The molecule has 9 nitrogen and oxygen atoms in total. The van der Waals surface area contributed by atoms with Gasteiger partial charge in [0.15, 0.2) is 0 Å². The monoisotopic (exact) mass is 578 g/mol. The van der Waals surface area contributed by atoms with Gasteiger partial charge in [-0.1, -0.05) is 54.1 Å². The molecule has 3 aromatic rings. The van der Waals surface area contributed by atoms with E-state index in [4.69, 9.17) is 16.3 Å². The highest BCUT2D eigenvalue weighted by Gasteiger charge is 2.40. The maximum absolute atomic E-state index is 14.1. The smallest absolute Gasteiger partial charge is 0.329 e. The third kappa shape index (κ3) is 7.56. The molecule has 0 aromatic heterocycles. The number of carboxylic acid groups (broad SMARTS) is 1. The first kappa shape index (κ1) is 29.9. The van der Waals surface area contributed by atoms with Crippen molar-refractivity contribution < 1.29 is 24.2 Å². The molecule has 2 N–H and O–H groups in total. The van der Waals surface area contributed by atoms with Crippen LogP contribution in [0.25, 0.3) is 0 Å². The number of ether oxygens (including phenoxy) is 1. The molecule has 0 bridgehead atoms. The fourth-order valence-electron chi connectivity index (χ4n) is 5.05. The summed E-state index contributed by atoms with van der Waals surface area (Å²) in [7, 11) is 3.57. The Morgan fingerprint density at radius 2 is 1.73 bits per heavy atom. The summed E-state index contributed by atoms with van der Waals surface area (Å²) in [6.45, 7) is 1.63. The van der Waals surface area contributed by atoms with Crippen molar-refractivity contribution >= 4 is 40.9 Å². The van der Waals surface area contributed by atoms with Gasteiger partial charge in [0.1, 0.15) is 11.8 Å². The summed E-state index contributed by atoms with van der Waals surface area (Å²) >= 11 is 6.26. The second-order valence-corrected chi connectivity index (χ2v) is 10.5. The van der Waals surface area contributed by atoms with Gasteiger partial charge in [0.25, 0.3) is 0 Å². The SMILES string of the molecule is COc1ccccc1CN(C)CCNC(=O)[C@H]1C[C@@H](C(=O)O)CCN1C(=O)N(c1ccccc1)c1cccc(Cl)c1. The van der Waals surface area contributed by atoms with Crippen molar-refractivity contribution in [2.24, 2.45) is 5.92 Å². The van der Waals surface area contributed by atoms with Gasteiger partial charge in [0.2, 0.25) is 5.91 Å². The van der Waals surface area contributed by atoms with Crippen molar-refractivity contribution in [3.63, 3.8) is 0 Å². The maximum Gasteiger partial charge on any atom is 0.329 e. The number of amides is 3. The number of urea groups is 1. The topological polar surface area (TPSA) is 102 Å². The van der Waals surface area contributed by atoms with Crippen LogP contribution in [0.3, 0.4) is 0 Å². The van der Waals surface area contributed by atoms with Crippen LogP contribution >= 0.6 is 11.6 Å². The number of methoxy groups -OCH3 is 1. The van der Waals surface area contributed by atoms with Crippen LogP contribution in [0, 0.1) is 5.92 Å². The zero-order valence-electron chi connectivity index (χ0n) is 23.2. The number of hydrogen-bond donors (Lipinski definition) is 2. The van der Waals surface area contributed by atoms with Crippen LogP contribution in [0.2, 0.25) is 5.02 Å². The van der Waals surface area contributed by atoms with Gasteiger partial charge in [-0.15, -0.1) is 0 Å². The van der Waals surface area contributed by atoms with Crippen LogP contribution in [0.4, 0.5) is 16.2 Å². The van der Waals surface area contributed by atoms with Crippen molar-refractivity contribution in [1.29, 1.82) is 0 Å². The summed E-state index contributed by atoms with van der Waals surface area (Å²) < 4.78 is 5.43. The van der Waals surface area contributed by atoms with E-state index < -0.39 is 24.0 Å². The van der Waals surface area contributed by atoms with Crippen molar-refractivity contribution in [2.75, 3.05) is 38.7 Å². The Bertz CT molecular complexity index is 1360. The number of para-hydroxylation sites is 2. The summed E-state index contributed by atoms with van der Waals surface area (Å²) in [4.78, 5) is 44.5. The van der Waals surface area contributed by atoms with E-state index in [1.807, 2.05) is 49.5 Å². The number of likely N-dealkylation sites (tertiary alicyclic amines) is 1. The van der Waals surface area contributed by atoms with Gasteiger partial charge in [-0.05, 0) is 56.3 Å². The fraction of sp³-hybridized carbons (Fsp3) is 0.323.